The van der Waals surface area contributed by atoms with Crippen LogP contribution in [0.15, 0.2) is 20.7 Å². The van der Waals surface area contributed by atoms with Crippen LogP contribution in [0, 0.1) is 11.8 Å². The minimum absolute atomic E-state index is 0.207. The minimum atomic E-state index is -0.849. The summed E-state index contributed by atoms with van der Waals surface area (Å²) >= 11 is 2.48. The molecule has 18 heteroatoms. The van der Waals surface area contributed by atoms with Gasteiger partial charge in [0, 0.05) is 22.3 Å². The number of carbonyl (C=O) groups excluding carboxylic acids is 4. The molecule has 8 atom stereocenters. The molecular weight excluding hydrogens is 721 g/mol. The number of ether oxygens (including phenoxy) is 2. The third kappa shape index (κ3) is 8.29. The number of nitrogens with zero attached hydrogens (tertiary/aromatic N) is 4. The van der Waals surface area contributed by atoms with E-state index in [2.05, 4.69) is 31.2 Å². The maximum Gasteiger partial charge on any atom is 0.280 e. The number of rotatable bonds is 4. The van der Waals surface area contributed by atoms with Crippen LogP contribution < -0.4 is 21.3 Å². The molecule has 0 fully saturated rings. The summed E-state index contributed by atoms with van der Waals surface area (Å²) in [6.07, 6.45) is 0.0158. The van der Waals surface area contributed by atoms with Crippen molar-refractivity contribution in [3.05, 3.63) is 32.2 Å². The fraction of sp³-hybridized carbons (Fsp3) is 0.625. The van der Waals surface area contributed by atoms with E-state index in [1.807, 2.05) is 27.7 Å². The van der Waals surface area contributed by atoms with Gasteiger partial charge in [-0.2, -0.15) is 0 Å². The average molecular weight is 763 g/mol. The number of hydrogen-bond donors (Lipinski definition) is 4. The van der Waals surface area contributed by atoms with Crippen LogP contribution in [-0.4, -0.2) is 93.3 Å². The van der Waals surface area contributed by atoms with Gasteiger partial charge in [0.25, 0.3) is 11.8 Å². The minimum Gasteiger partial charge on any atom is -0.474 e. The Balaban J connectivity index is 1.42. The van der Waals surface area contributed by atoms with Crippen LogP contribution in [-0.2, 0) is 19.1 Å². The number of aliphatic imine (C=N–C) groups is 2. The monoisotopic (exact) mass is 762 g/mol. The molecular formula is C32H42N8O6S4. The lowest BCUT2D eigenvalue weighted by atomic mass is 10.0. The van der Waals surface area contributed by atoms with Crippen molar-refractivity contribution in [3.8, 4) is 0 Å². The van der Waals surface area contributed by atoms with Gasteiger partial charge in [0.05, 0.1) is 17.8 Å². The Labute approximate surface area is 306 Å². The Bertz CT molecular complexity index is 1560. The van der Waals surface area contributed by atoms with Crippen LogP contribution >= 0.6 is 44.3 Å². The Morgan fingerprint density at radius 2 is 1.26 bits per heavy atom. The quantitative estimate of drug-likeness (QED) is 0.335. The maximum atomic E-state index is 13.7. The smallest absolute Gasteiger partial charge is 0.280 e. The number of amides is 4. The zero-order valence-corrected chi connectivity index (χ0v) is 31.9. The van der Waals surface area contributed by atoms with Crippen molar-refractivity contribution >= 4 is 79.7 Å². The van der Waals surface area contributed by atoms with Crippen LogP contribution in [0.1, 0.15) is 97.5 Å². The molecule has 0 saturated carbocycles. The van der Waals surface area contributed by atoms with Crippen molar-refractivity contribution in [2.45, 2.75) is 103 Å². The van der Waals surface area contributed by atoms with Crippen molar-refractivity contribution in [3.63, 3.8) is 0 Å². The molecule has 6 rings (SSSR count). The van der Waals surface area contributed by atoms with Crippen LogP contribution in [0.5, 0.6) is 0 Å². The Kier molecular flexibility index (Phi) is 11.4. The van der Waals surface area contributed by atoms with Gasteiger partial charge >= 0.3 is 0 Å². The molecule has 0 aromatic carbocycles. The van der Waals surface area contributed by atoms with Gasteiger partial charge in [-0.15, -0.1) is 22.7 Å². The Morgan fingerprint density at radius 3 is 1.84 bits per heavy atom. The molecule has 10 bridgehead atoms. The van der Waals surface area contributed by atoms with E-state index in [9.17, 15) is 19.2 Å². The summed E-state index contributed by atoms with van der Waals surface area (Å²) in [6.45, 7) is 11.7. The van der Waals surface area contributed by atoms with E-state index in [0.29, 0.717) is 35.0 Å². The van der Waals surface area contributed by atoms with E-state index >= 15 is 0 Å². The molecule has 6 heterocycles. The van der Waals surface area contributed by atoms with E-state index in [-0.39, 0.29) is 46.1 Å². The fourth-order valence-electron chi connectivity index (χ4n) is 6.01. The normalized spacial score (nSPS) is 30.6. The first kappa shape index (κ1) is 36.6. The molecule has 8 unspecified atom stereocenters. The number of hydrogen-bond acceptors (Lipinski definition) is 14. The number of thiazole rings is 2. The van der Waals surface area contributed by atoms with Crippen LogP contribution in [0.3, 0.4) is 0 Å². The number of nitrogens with one attached hydrogen (secondary N) is 4. The van der Waals surface area contributed by atoms with E-state index in [1.54, 1.807) is 24.6 Å². The standard InChI is InChI=1S/C32H42N8O6S4/c1-13(2)7-17-19-9-48-32(37-19)28(44)36-22-12-50-49-11-21(29-39-23(15(5)45-29)26(42)33-17)35-25(41)20-10-47-31(38-20)18(8-14(3)4)34-27(43)24-16(6)46-30(22)40-24/h9-10,13-18,21-24H,7-8,11-12H2,1-6H3,(H,33,42)(H,34,43)(H,35,41)(H,36,44). The summed E-state index contributed by atoms with van der Waals surface area (Å²) in [7, 11) is 2.87. The lowest BCUT2D eigenvalue weighted by molar-refractivity contribution is -0.125. The molecule has 2 aromatic rings. The molecule has 4 aliphatic heterocycles. The van der Waals surface area contributed by atoms with Gasteiger partial charge in [-0.3, -0.25) is 19.2 Å². The highest BCUT2D eigenvalue weighted by Gasteiger charge is 2.41. The van der Waals surface area contributed by atoms with Crippen molar-refractivity contribution < 1.29 is 28.7 Å². The molecule has 0 spiro atoms. The first-order valence-corrected chi connectivity index (χ1v) is 21.0. The van der Waals surface area contributed by atoms with Crippen molar-refractivity contribution in [1.29, 1.82) is 0 Å². The summed E-state index contributed by atoms with van der Waals surface area (Å²) in [5.74, 6) is 0.116. The molecule has 4 aliphatic rings. The third-order valence-corrected chi connectivity index (χ3v) is 12.7. The molecule has 2 aromatic heterocycles. The molecule has 14 nitrogen and oxygen atoms in total. The number of carbonyl (C=O) groups is 4. The van der Waals surface area contributed by atoms with Gasteiger partial charge in [0.2, 0.25) is 23.6 Å². The molecule has 0 aliphatic carbocycles. The molecule has 4 amide bonds. The lowest BCUT2D eigenvalue weighted by Gasteiger charge is -2.22. The summed E-state index contributed by atoms with van der Waals surface area (Å²) in [5.41, 5.74) is 0.778. The van der Waals surface area contributed by atoms with E-state index in [0.717, 1.165) is 0 Å². The van der Waals surface area contributed by atoms with Gasteiger partial charge in [-0.05, 0) is 38.5 Å². The summed E-state index contributed by atoms with van der Waals surface area (Å²) in [6, 6.07) is -3.99. The van der Waals surface area contributed by atoms with Crippen LogP contribution in [0.25, 0.3) is 0 Å². The third-order valence-electron chi connectivity index (χ3n) is 8.51. The summed E-state index contributed by atoms with van der Waals surface area (Å²) in [4.78, 5) is 73.5. The Hall–Kier alpha value is -3.22. The second-order valence-electron chi connectivity index (χ2n) is 13.6. The first-order valence-electron chi connectivity index (χ1n) is 16.7. The van der Waals surface area contributed by atoms with Gasteiger partial charge in [0.15, 0.2) is 17.1 Å². The predicted molar refractivity (Wildman–Crippen MR) is 196 cm³/mol. The number of aromatic nitrogens is 2. The van der Waals surface area contributed by atoms with Crippen LogP contribution in [0.2, 0.25) is 0 Å². The molecule has 50 heavy (non-hydrogen) atoms. The largest absolute Gasteiger partial charge is 0.474 e. The molecule has 0 saturated heterocycles. The average Bonchev–Trinajstić information content (AvgIpc) is 3.86. The maximum absolute atomic E-state index is 13.7. The predicted octanol–water partition coefficient (Wildman–Crippen LogP) is 3.68. The second kappa shape index (κ2) is 15.6. The molecule has 270 valence electrons. The van der Waals surface area contributed by atoms with Gasteiger partial charge in [-0.25, -0.2) is 20.0 Å². The van der Waals surface area contributed by atoms with Gasteiger partial charge in [-0.1, -0.05) is 49.3 Å². The number of fused-ring (bicyclic) bond motifs is 13. The van der Waals surface area contributed by atoms with Crippen molar-refractivity contribution in [2.24, 2.45) is 21.8 Å². The fourth-order valence-corrected chi connectivity index (χ4v) is 9.96. The molecule has 0 radical (unpaired) electrons. The zero-order chi connectivity index (χ0) is 35.7. The SMILES string of the molecule is CC(C)CC1NC(=O)C2N=C(OC2C)C2CSSCC(NC(=O)c3nc1cs3)C1=NC(C(=O)NC(CC(C)C)c3nc(cs3)C(=O)N2)C(C)O1. The van der Waals surface area contributed by atoms with Crippen LogP contribution in [0.4, 0.5) is 0 Å². The highest BCUT2D eigenvalue weighted by molar-refractivity contribution is 8.76. The van der Waals surface area contributed by atoms with E-state index in [4.69, 9.17) is 19.5 Å². The zero-order valence-electron chi connectivity index (χ0n) is 28.6. The highest BCUT2D eigenvalue weighted by Crippen LogP contribution is 2.31. The van der Waals surface area contributed by atoms with Crippen molar-refractivity contribution in [1.82, 2.24) is 31.2 Å². The van der Waals surface area contributed by atoms with Gasteiger partial charge in [0.1, 0.15) is 35.0 Å². The first-order chi connectivity index (χ1) is 23.9. The summed E-state index contributed by atoms with van der Waals surface area (Å²) in [5, 5.41) is 16.5. The highest BCUT2D eigenvalue weighted by atomic mass is 33.1. The van der Waals surface area contributed by atoms with Gasteiger partial charge < -0.3 is 30.7 Å². The van der Waals surface area contributed by atoms with E-state index < -0.39 is 60.3 Å². The Morgan fingerprint density at radius 1 is 0.720 bits per heavy atom. The molecule has 4 N–H and O–H groups in total. The topological polar surface area (TPSA) is 185 Å². The van der Waals surface area contributed by atoms with E-state index in [1.165, 1.54) is 44.3 Å². The van der Waals surface area contributed by atoms with Crippen molar-refractivity contribution in [2.75, 3.05) is 11.5 Å². The second-order valence-corrected chi connectivity index (χ2v) is 17.9. The lowest BCUT2D eigenvalue weighted by Crippen LogP contribution is -2.44. The summed E-state index contributed by atoms with van der Waals surface area (Å²) < 4.78 is 12.3.